The summed E-state index contributed by atoms with van der Waals surface area (Å²) in [5.41, 5.74) is 0.529. The van der Waals surface area contributed by atoms with Crippen molar-refractivity contribution in [3.05, 3.63) is 59.2 Å². The molecule has 2 aromatic rings. The van der Waals surface area contributed by atoms with Crippen LogP contribution in [0.25, 0.3) is 0 Å². The number of hydrogen-bond donors (Lipinski definition) is 0. The van der Waals surface area contributed by atoms with Crippen molar-refractivity contribution in [1.29, 1.82) is 0 Å². The molecule has 6 heteroatoms. The van der Waals surface area contributed by atoms with Gasteiger partial charge in [0.1, 0.15) is 23.1 Å². The molecule has 0 aliphatic rings. The number of nitrogens with zero attached hydrogens (tertiary/aromatic N) is 1. The smallest absolute Gasteiger partial charge is 0.257 e. The Kier molecular flexibility index (Phi) is 5.16. The van der Waals surface area contributed by atoms with Crippen molar-refractivity contribution in [2.75, 3.05) is 21.3 Å². The lowest BCUT2D eigenvalue weighted by molar-refractivity contribution is 0.0780. The van der Waals surface area contributed by atoms with Crippen LogP contribution in [0, 0.1) is 11.6 Å². The molecule has 1 amide bonds. The van der Waals surface area contributed by atoms with Gasteiger partial charge < -0.3 is 14.4 Å². The van der Waals surface area contributed by atoms with Gasteiger partial charge in [0, 0.05) is 25.2 Å². The van der Waals surface area contributed by atoms with Crippen LogP contribution in [-0.2, 0) is 6.54 Å². The van der Waals surface area contributed by atoms with E-state index in [1.165, 1.54) is 32.2 Å². The maximum absolute atomic E-state index is 13.7. The van der Waals surface area contributed by atoms with E-state index in [-0.39, 0.29) is 18.0 Å². The highest BCUT2D eigenvalue weighted by Gasteiger charge is 2.19. The van der Waals surface area contributed by atoms with Gasteiger partial charge in [0.15, 0.2) is 0 Å². The summed E-state index contributed by atoms with van der Waals surface area (Å²) in [7, 11) is 4.48. The number of benzene rings is 2. The summed E-state index contributed by atoms with van der Waals surface area (Å²) in [5, 5.41) is 0. The Hall–Kier alpha value is -2.63. The standard InChI is InChI=1S/C17H17F2NO3/c1-20(10-11-4-5-12(18)8-15(11)19)17(21)14-9-13(22-2)6-7-16(14)23-3/h4-9H,10H2,1-3H3. The van der Waals surface area contributed by atoms with Crippen LogP contribution in [0.4, 0.5) is 8.78 Å². The Labute approximate surface area is 133 Å². The van der Waals surface area contributed by atoms with Gasteiger partial charge in [0.2, 0.25) is 0 Å². The first kappa shape index (κ1) is 16.7. The highest BCUT2D eigenvalue weighted by Crippen LogP contribution is 2.25. The summed E-state index contributed by atoms with van der Waals surface area (Å²) in [6.07, 6.45) is 0. The minimum absolute atomic E-state index is 0.00527. The second-order valence-electron chi connectivity index (χ2n) is 4.96. The highest BCUT2D eigenvalue weighted by molar-refractivity contribution is 5.97. The summed E-state index contributed by atoms with van der Waals surface area (Å²) < 4.78 is 36.9. The molecular weight excluding hydrogens is 304 g/mol. The molecule has 0 saturated heterocycles. The van der Waals surface area contributed by atoms with E-state index >= 15 is 0 Å². The molecule has 0 aliphatic carbocycles. The zero-order valence-corrected chi connectivity index (χ0v) is 13.1. The van der Waals surface area contributed by atoms with Crippen molar-refractivity contribution in [3.63, 3.8) is 0 Å². The van der Waals surface area contributed by atoms with Crippen LogP contribution in [-0.4, -0.2) is 32.1 Å². The molecule has 0 atom stereocenters. The molecule has 0 bridgehead atoms. The maximum atomic E-state index is 13.7. The number of amides is 1. The quantitative estimate of drug-likeness (QED) is 0.848. The molecule has 2 rings (SSSR count). The minimum Gasteiger partial charge on any atom is -0.497 e. The second-order valence-corrected chi connectivity index (χ2v) is 4.96. The first-order chi connectivity index (χ1) is 11.0. The molecule has 4 nitrogen and oxygen atoms in total. The molecule has 23 heavy (non-hydrogen) atoms. The van der Waals surface area contributed by atoms with Crippen molar-refractivity contribution in [2.24, 2.45) is 0 Å². The fourth-order valence-corrected chi connectivity index (χ4v) is 2.16. The average molecular weight is 321 g/mol. The van der Waals surface area contributed by atoms with Gasteiger partial charge in [0.25, 0.3) is 5.91 Å². The first-order valence-electron chi connectivity index (χ1n) is 6.87. The van der Waals surface area contributed by atoms with Gasteiger partial charge in [-0.2, -0.15) is 0 Å². The van der Waals surface area contributed by atoms with Crippen molar-refractivity contribution in [1.82, 2.24) is 4.90 Å². The van der Waals surface area contributed by atoms with Crippen molar-refractivity contribution in [3.8, 4) is 11.5 Å². The van der Waals surface area contributed by atoms with Crippen LogP contribution in [0.15, 0.2) is 36.4 Å². The van der Waals surface area contributed by atoms with E-state index < -0.39 is 11.6 Å². The summed E-state index contributed by atoms with van der Waals surface area (Å²) in [4.78, 5) is 13.9. The SMILES string of the molecule is COc1ccc(OC)c(C(=O)N(C)Cc2ccc(F)cc2F)c1. The lowest BCUT2D eigenvalue weighted by atomic mass is 10.1. The summed E-state index contributed by atoms with van der Waals surface area (Å²) in [6.45, 7) is 0.00527. The van der Waals surface area contributed by atoms with E-state index in [4.69, 9.17) is 9.47 Å². The minimum atomic E-state index is -0.692. The Balaban J connectivity index is 2.25. The molecule has 2 aromatic carbocycles. The molecule has 0 N–H and O–H groups in total. The second kappa shape index (κ2) is 7.09. The van der Waals surface area contributed by atoms with Crippen LogP contribution in [0.1, 0.15) is 15.9 Å². The van der Waals surface area contributed by atoms with Gasteiger partial charge >= 0.3 is 0 Å². The summed E-state index contributed by atoms with van der Waals surface area (Å²) in [6, 6.07) is 8.12. The number of ether oxygens (including phenoxy) is 2. The zero-order chi connectivity index (χ0) is 17.0. The number of carbonyl (C=O) groups excluding carboxylic acids is 1. The molecular formula is C17H17F2NO3. The summed E-state index contributed by atoms with van der Waals surface area (Å²) in [5.74, 6) is -0.806. The van der Waals surface area contributed by atoms with Gasteiger partial charge in [-0.05, 0) is 24.3 Å². The van der Waals surface area contributed by atoms with Crippen LogP contribution in [0.5, 0.6) is 11.5 Å². The first-order valence-corrected chi connectivity index (χ1v) is 6.87. The zero-order valence-electron chi connectivity index (χ0n) is 13.1. The molecule has 0 spiro atoms. The van der Waals surface area contributed by atoms with Gasteiger partial charge in [-0.1, -0.05) is 6.07 Å². The molecule has 0 saturated carbocycles. The lowest BCUT2D eigenvalue weighted by Gasteiger charge is -2.19. The van der Waals surface area contributed by atoms with Gasteiger partial charge in [-0.25, -0.2) is 8.78 Å². The number of methoxy groups -OCH3 is 2. The normalized spacial score (nSPS) is 10.3. The van der Waals surface area contributed by atoms with Crippen LogP contribution in [0.3, 0.4) is 0 Å². The van der Waals surface area contributed by atoms with Gasteiger partial charge in [-0.3, -0.25) is 4.79 Å². The van der Waals surface area contributed by atoms with E-state index in [1.807, 2.05) is 0 Å². The third-order valence-corrected chi connectivity index (χ3v) is 3.41. The third kappa shape index (κ3) is 3.77. The Morgan fingerprint density at radius 2 is 1.83 bits per heavy atom. The molecule has 0 unspecified atom stereocenters. The maximum Gasteiger partial charge on any atom is 0.257 e. The topological polar surface area (TPSA) is 38.8 Å². The number of hydrogen-bond acceptors (Lipinski definition) is 3. The molecule has 0 aliphatic heterocycles. The van der Waals surface area contributed by atoms with E-state index in [1.54, 1.807) is 18.2 Å². The van der Waals surface area contributed by atoms with E-state index in [9.17, 15) is 13.6 Å². The van der Waals surface area contributed by atoms with E-state index in [0.29, 0.717) is 17.1 Å². The molecule has 0 heterocycles. The lowest BCUT2D eigenvalue weighted by Crippen LogP contribution is -2.27. The molecule has 0 radical (unpaired) electrons. The Bertz CT molecular complexity index is 719. The predicted molar refractivity (Wildman–Crippen MR) is 81.7 cm³/mol. The summed E-state index contributed by atoms with van der Waals surface area (Å²) >= 11 is 0. The molecule has 122 valence electrons. The monoisotopic (exact) mass is 321 g/mol. The van der Waals surface area contributed by atoms with Crippen molar-refractivity contribution in [2.45, 2.75) is 6.54 Å². The predicted octanol–water partition coefficient (Wildman–Crippen LogP) is 3.25. The number of halogens is 2. The molecule has 0 fully saturated rings. The van der Waals surface area contributed by atoms with Crippen LogP contribution >= 0.6 is 0 Å². The third-order valence-electron chi connectivity index (χ3n) is 3.41. The van der Waals surface area contributed by atoms with Crippen molar-refractivity contribution < 1.29 is 23.0 Å². The van der Waals surface area contributed by atoms with Crippen molar-refractivity contribution >= 4 is 5.91 Å². The highest BCUT2D eigenvalue weighted by atomic mass is 19.1. The van der Waals surface area contributed by atoms with Crippen LogP contribution < -0.4 is 9.47 Å². The Morgan fingerprint density at radius 3 is 2.43 bits per heavy atom. The fraction of sp³-hybridized carbons (Fsp3) is 0.235. The average Bonchev–Trinajstić information content (AvgIpc) is 2.55. The van der Waals surface area contributed by atoms with E-state index in [2.05, 4.69) is 0 Å². The largest absolute Gasteiger partial charge is 0.497 e. The fourth-order valence-electron chi connectivity index (χ4n) is 2.16. The molecule has 0 aromatic heterocycles. The van der Waals surface area contributed by atoms with Gasteiger partial charge in [0.05, 0.1) is 19.8 Å². The number of carbonyl (C=O) groups is 1. The van der Waals surface area contributed by atoms with E-state index in [0.717, 1.165) is 12.1 Å². The number of rotatable bonds is 5. The van der Waals surface area contributed by atoms with Gasteiger partial charge in [-0.15, -0.1) is 0 Å². The van der Waals surface area contributed by atoms with Crippen LogP contribution in [0.2, 0.25) is 0 Å². The Morgan fingerprint density at radius 1 is 1.09 bits per heavy atom.